The van der Waals surface area contributed by atoms with Crippen molar-refractivity contribution >= 4 is 69.0 Å². The molecular weight excluding hydrogens is 530 g/mol. The zero-order chi connectivity index (χ0) is 25.9. The zero-order valence-electron chi connectivity index (χ0n) is 20.3. The van der Waals surface area contributed by atoms with E-state index in [2.05, 4.69) is 9.80 Å². The molecular formula is C26H26ClN5O3S2. The van der Waals surface area contributed by atoms with Gasteiger partial charge in [-0.1, -0.05) is 47.7 Å². The number of aromatic nitrogens is 2. The molecule has 4 heterocycles. The van der Waals surface area contributed by atoms with Crippen molar-refractivity contribution in [3.63, 3.8) is 0 Å². The zero-order valence-corrected chi connectivity index (χ0v) is 22.7. The van der Waals surface area contributed by atoms with Crippen LogP contribution in [0.3, 0.4) is 0 Å². The first-order chi connectivity index (χ1) is 18.0. The molecule has 192 valence electrons. The molecule has 0 unspecified atom stereocenters. The van der Waals surface area contributed by atoms with Crippen LogP contribution in [-0.4, -0.2) is 71.0 Å². The van der Waals surface area contributed by atoms with Gasteiger partial charge in [0.05, 0.1) is 10.5 Å². The molecule has 11 heteroatoms. The maximum absolute atomic E-state index is 13.6. The number of benzene rings is 1. The number of nitrogens with zero attached hydrogens (tertiary/aromatic N) is 5. The number of amides is 1. The molecule has 1 aromatic carbocycles. The third-order valence-electron chi connectivity index (χ3n) is 6.38. The average Bonchev–Trinajstić information content (AvgIpc) is 3.18. The number of pyridine rings is 1. The highest BCUT2D eigenvalue weighted by Crippen LogP contribution is 2.34. The summed E-state index contributed by atoms with van der Waals surface area (Å²) in [6.45, 7) is 3.84. The fourth-order valence-electron chi connectivity index (χ4n) is 4.50. The van der Waals surface area contributed by atoms with Crippen LogP contribution in [0.5, 0.6) is 0 Å². The molecule has 2 aliphatic heterocycles. The molecule has 37 heavy (non-hydrogen) atoms. The van der Waals surface area contributed by atoms with Crippen LogP contribution in [0.25, 0.3) is 11.7 Å². The summed E-state index contributed by atoms with van der Waals surface area (Å²) in [4.78, 5) is 38.0. The van der Waals surface area contributed by atoms with Crippen LogP contribution >= 0.6 is 35.6 Å². The summed E-state index contributed by atoms with van der Waals surface area (Å²) in [5.41, 5.74) is 1.79. The van der Waals surface area contributed by atoms with Crippen LogP contribution in [0.2, 0.25) is 5.02 Å². The minimum absolute atomic E-state index is 0.194. The lowest BCUT2D eigenvalue weighted by Gasteiger charge is -2.37. The van der Waals surface area contributed by atoms with Crippen molar-refractivity contribution in [3.8, 4) is 0 Å². The van der Waals surface area contributed by atoms with Gasteiger partial charge in [-0.3, -0.25) is 18.9 Å². The van der Waals surface area contributed by atoms with Gasteiger partial charge in [-0.25, -0.2) is 4.98 Å². The first-order valence-corrected chi connectivity index (χ1v) is 13.6. The molecule has 1 amide bonds. The van der Waals surface area contributed by atoms with Crippen molar-refractivity contribution < 1.29 is 9.53 Å². The molecule has 8 nitrogen and oxygen atoms in total. The summed E-state index contributed by atoms with van der Waals surface area (Å²) >= 11 is 12.9. The van der Waals surface area contributed by atoms with E-state index < -0.39 is 0 Å². The van der Waals surface area contributed by atoms with E-state index in [0.29, 0.717) is 63.9 Å². The van der Waals surface area contributed by atoms with Crippen molar-refractivity contribution in [2.24, 2.45) is 0 Å². The number of rotatable bonds is 7. The Morgan fingerprint density at radius 3 is 2.65 bits per heavy atom. The van der Waals surface area contributed by atoms with Crippen LogP contribution < -0.4 is 15.4 Å². The van der Waals surface area contributed by atoms with Gasteiger partial charge in [-0.2, -0.15) is 0 Å². The number of ether oxygens (including phenoxy) is 1. The maximum atomic E-state index is 13.6. The Kier molecular flexibility index (Phi) is 7.80. The van der Waals surface area contributed by atoms with Crippen LogP contribution in [-0.2, 0) is 9.53 Å². The summed E-state index contributed by atoms with van der Waals surface area (Å²) in [7, 11) is 1.63. The molecule has 0 atom stereocenters. The third kappa shape index (κ3) is 5.38. The minimum atomic E-state index is -0.220. The lowest BCUT2D eigenvalue weighted by molar-refractivity contribution is -0.122. The topological polar surface area (TPSA) is 70.4 Å². The molecule has 3 aromatic rings. The lowest BCUT2D eigenvalue weighted by atomic mass is 10.2. The van der Waals surface area contributed by atoms with E-state index in [1.54, 1.807) is 30.3 Å². The predicted molar refractivity (Wildman–Crippen MR) is 154 cm³/mol. The number of methoxy groups -OCH3 is 1. The number of thiocarbonyl (C=S) groups is 1. The quantitative estimate of drug-likeness (QED) is 0.247. The number of piperazine rings is 1. The molecule has 2 saturated heterocycles. The van der Waals surface area contributed by atoms with Gasteiger partial charge in [0.2, 0.25) is 0 Å². The molecule has 2 fully saturated rings. The van der Waals surface area contributed by atoms with Gasteiger partial charge in [0.25, 0.3) is 11.5 Å². The van der Waals surface area contributed by atoms with Crippen molar-refractivity contribution in [1.82, 2.24) is 14.3 Å². The highest BCUT2D eigenvalue weighted by Gasteiger charge is 2.33. The van der Waals surface area contributed by atoms with E-state index in [1.807, 2.05) is 36.4 Å². The van der Waals surface area contributed by atoms with E-state index in [-0.39, 0.29) is 11.5 Å². The number of carbonyl (C=O) groups excluding carboxylic acids is 1. The molecule has 0 spiro atoms. The smallest absolute Gasteiger partial charge is 0.267 e. The first-order valence-electron chi connectivity index (χ1n) is 12.0. The molecule has 2 aromatic heterocycles. The van der Waals surface area contributed by atoms with Gasteiger partial charge in [-0.15, -0.1) is 0 Å². The highest BCUT2D eigenvalue weighted by atomic mass is 35.5. The largest absolute Gasteiger partial charge is 0.385 e. The maximum Gasteiger partial charge on any atom is 0.267 e. The summed E-state index contributed by atoms with van der Waals surface area (Å²) < 4.78 is 7.10. The van der Waals surface area contributed by atoms with Crippen LogP contribution in [0, 0.1) is 0 Å². The van der Waals surface area contributed by atoms with Gasteiger partial charge in [-0.05, 0) is 42.8 Å². The normalized spacial score (nSPS) is 17.5. The van der Waals surface area contributed by atoms with Gasteiger partial charge in [0.1, 0.15) is 15.8 Å². The Balaban J connectivity index is 1.47. The molecule has 0 saturated carbocycles. The van der Waals surface area contributed by atoms with E-state index in [1.165, 1.54) is 16.2 Å². The van der Waals surface area contributed by atoms with Gasteiger partial charge in [0, 0.05) is 63.3 Å². The Labute approximate surface area is 229 Å². The van der Waals surface area contributed by atoms with Crippen molar-refractivity contribution in [1.29, 1.82) is 0 Å². The number of hydrogen-bond donors (Lipinski definition) is 0. The van der Waals surface area contributed by atoms with Gasteiger partial charge in [0.15, 0.2) is 0 Å². The highest BCUT2D eigenvalue weighted by molar-refractivity contribution is 8.26. The number of halogens is 1. The van der Waals surface area contributed by atoms with Crippen LogP contribution in [0.4, 0.5) is 11.5 Å². The third-order valence-corrected chi connectivity index (χ3v) is 7.99. The molecule has 0 radical (unpaired) electrons. The number of anilines is 2. The summed E-state index contributed by atoms with van der Waals surface area (Å²) in [6, 6.07) is 13.3. The molecule has 0 N–H and O–H groups in total. The Hall–Kier alpha value is -2.92. The fourth-order valence-corrected chi connectivity index (χ4v) is 5.97. The summed E-state index contributed by atoms with van der Waals surface area (Å²) in [5.74, 6) is 0.381. The number of carbonyl (C=O) groups is 1. The summed E-state index contributed by atoms with van der Waals surface area (Å²) in [6.07, 6.45) is 4.03. The number of thioether (sulfide) groups is 1. The summed E-state index contributed by atoms with van der Waals surface area (Å²) in [5, 5.41) is 0.700. The second-order valence-corrected chi connectivity index (χ2v) is 10.8. The van der Waals surface area contributed by atoms with E-state index in [0.717, 1.165) is 18.8 Å². The van der Waals surface area contributed by atoms with Crippen LogP contribution in [0.1, 0.15) is 12.0 Å². The number of hydrogen-bond acceptors (Lipinski definition) is 8. The van der Waals surface area contributed by atoms with E-state index >= 15 is 0 Å². The Bertz CT molecular complexity index is 1440. The molecule has 5 rings (SSSR count). The molecule has 0 aliphatic carbocycles. The first kappa shape index (κ1) is 25.7. The Morgan fingerprint density at radius 1 is 1.11 bits per heavy atom. The standard InChI is InChI=1S/C26H26ClN5O3S2/c1-35-15-5-10-32-25(34)21(37-26(32)36)17-20-23(28-22-8-2-3-9-31(22)24(20)33)30-13-11-29(12-14-30)19-7-4-6-18(27)16-19/h2-4,6-9,16-17H,5,10-15H2,1H3. The second kappa shape index (κ2) is 11.2. The second-order valence-electron chi connectivity index (χ2n) is 8.72. The van der Waals surface area contributed by atoms with E-state index in [9.17, 15) is 9.59 Å². The predicted octanol–water partition coefficient (Wildman–Crippen LogP) is 3.91. The minimum Gasteiger partial charge on any atom is -0.385 e. The average molecular weight is 556 g/mol. The van der Waals surface area contributed by atoms with Crippen molar-refractivity contribution in [3.05, 3.63) is 74.5 Å². The van der Waals surface area contributed by atoms with Gasteiger partial charge < -0.3 is 14.5 Å². The van der Waals surface area contributed by atoms with Crippen molar-refractivity contribution in [2.75, 3.05) is 56.2 Å². The molecule has 0 bridgehead atoms. The van der Waals surface area contributed by atoms with E-state index in [4.69, 9.17) is 33.5 Å². The lowest BCUT2D eigenvalue weighted by Crippen LogP contribution is -2.47. The monoisotopic (exact) mass is 555 g/mol. The van der Waals surface area contributed by atoms with Crippen molar-refractivity contribution in [2.45, 2.75) is 6.42 Å². The fraction of sp³-hybridized carbons (Fsp3) is 0.308. The van der Waals surface area contributed by atoms with Crippen LogP contribution in [0.15, 0.2) is 58.4 Å². The van der Waals surface area contributed by atoms with Gasteiger partial charge >= 0.3 is 0 Å². The SMILES string of the molecule is COCCCN1C(=O)C(=Cc2c(N3CCN(c4cccc(Cl)c4)CC3)nc3ccccn3c2=O)SC1=S. The number of fused-ring (bicyclic) bond motifs is 1. The molecule has 2 aliphatic rings. The Morgan fingerprint density at radius 2 is 1.89 bits per heavy atom.